The summed E-state index contributed by atoms with van der Waals surface area (Å²) in [5.41, 5.74) is 2.57. The van der Waals surface area contributed by atoms with E-state index in [9.17, 15) is 0 Å². The first kappa shape index (κ1) is 16.1. The topological polar surface area (TPSA) is 27.7 Å². The highest BCUT2D eigenvalue weighted by Gasteiger charge is 2.26. The lowest BCUT2D eigenvalue weighted by Gasteiger charge is -2.41. The fourth-order valence-corrected chi connectivity index (χ4v) is 3.25. The Morgan fingerprint density at radius 3 is 2.71 bits per heavy atom. The molecule has 1 heterocycles. The first-order chi connectivity index (χ1) is 10.1. The molecule has 1 aromatic carbocycles. The Labute approximate surface area is 129 Å². The molecular weight excluding hydrogens is 262 g/mol. The van der Waals surface area contributed by atoms with E-state index in [1.165, 1.54) is 11.3 Å². The summed E-state index contributed by atoms with van der Waals surface area (Å²) in [4.78, 5) is 5.04. The molecule has 4 heteroatoms. The molecule has 0 aliphatic carbocycles. The summed E-state index contributed by atoms with van der Waals surface area (Å²) in [5, 5.41) is 3.35. The molecule has 0 amide bonds. The van der Waals surface area contributed by atoms with E-state index in [1.54, 1.807) is 7.11 Å². The number of hydrogen-bond donors (Lipinski definition) is 1. The SMILES string of the molecule is CCN1CCN(c2cccc(OC)c2C(C)NC)CC1C. The summed E-state index contributed by atoms with van der Waals surface area (Å²) < 4.78 is 5.59. The maximum Gasteiger partial charge on any atom is 0.125 e. The van der Waals surface area contributed by atoms with Gasteiger partial charge in [-0.2, -0.15) is 0 Å². The Bertz CT molecular complexity index is 463. The fraction of sp³-hybridized carbons (Fsp3) is 0.647. The molecule has 1 N–H and O–H groups in total. The normalized spacial score (nSPS) is 21.4. The van der Waals surface area contributed by atoms with E-state index in [2.05, 4.69) is 54.1 Å². The molecular formula is C17H29N3O. The van der Waals surface area contributed by atoms with E-state index >= 15 is 0 Å². The second-order valence-electron chi connectivity index (χ2n) is 5.83. The number of rotatable bonds is 5. The molecule has 2 rings (SSSR count). The van der Waals surface area contributed by atoms with Gasteiger partial charge in [-0.15, -0.1) is 0 Å². The van der Waals surface area contributed by atoms with Crippen molar-refractivity contribution < 1.29 is 4.74 Å². The van der Waals surface area contributed by atoms with Crippen LogP contribution in [0, 0.1) is 0 Å². The van der Waals surface area contributed by atoms with Crippen molar-refractivity contribution in [2.24, 2.45) is 0 Å². The van der Waals surface area contributed by atoms with Crippen molar-refractivity contribution in [3.63, 3.8) is 0 Å². The van der Waals surface area contributed by atoms with Gasteiger partial charge in [-0.3, -0.25) is 4.90 Å². The lowest BCUT2D eigenvalue weighted by atomic mass is 10.0. The number of nitrogens with zero attached hydrogens (tertiary/aromatic N) is 2. The van der Waals surface area contributed by atoms with Gasteiger partial charge < -0.3 is 15.0 Å². The molecule has 0 spiro atoms. The van der Waals surface area contributed by atoms with Gasteiger partial charge in [0.1, 0.15) is 5.75 Å². The Hall–Kier alpha value is -1.26. The molecule has 0 aromatic heterocycles. The van der Waals surface area contributed by atoms with Crippen molar-refractivity contribution in [1.82, 2.24) is 10.2 Å². The van der Waals surface area contributed by atoms with E-state index in [1.807, 2.05) is 7.05 Å². The summed E-state index contributed by atoms with van der Waals surface area (Å²) >= 11 is 0. The van der Waals surface area contributed by atoms with Crippen LogP contribution in [0.5, 0.6) is 5.75 Å². The van der Waals surface area contributed by atoms with Gasteiger partial charge in [-0.25, -0.2) is 0 Å². The van der Waals surface area contributed by atoms with Crippen molar-refractivity contribution >= 4 is 5.69 Å². The minimum Gasteiger partial charge on any atom is -0.496 e. The third-order valence-electron chi connectivity index (χ3n) is 4.64. The maximum absolute atomic E-state index is 5.59. The minimum absolute atomic E-state index is 0.274. The molecule has 0 radical (unpaired) electrons. The summed E-state index contributed by atoms with van der Waals surface area (Å²) in [6.45, 7) is 11.2. The first-order valence-corrected chi connectivity index (χ1v) is 7.95. The number of ether oxygens (including phenoxy) is 1. The largest absolute Gasteiger partial charge is 0.496 e. The van der Waals surface area contributed by atoms with Crippen molar-refractivity contribution in [3.05, 3.63) is 23.8 Å². The van der Waals surface area contributed by atoms with E-state index in [-0.39, 0.29) is 6.04 Å². The summed E-state index contributed by atoms with van der Waals surface area (Å²) in [5.74, 6) is 0.972. The van der Waals surface area contributed by atoms with Crippen LogP contribution in [-0.2, 0) is 0 Å². The molecule has 1 aromatic rings. The number of nitrogens with one attached hydrogen (secondary N) is 1. The molecule has 0 saturated carbocycles. The van der Waals surface area contributed by atoms with Crippen molar-refractivity contribution in [1.29, 1.82) is 0 Å². The molecule has 1 aliphatic rings. The second-order valence-corrected chi connectivity index (χ2v) is 5.83. The zero-order valence-electron chi connectivity index (χ0n) is 14.0. The highest BCUT2D eigenvalue weighted by molar-refractivity contribution is 5.61. The predicted octanol–water partition coefficient (Wildman–Crippen LogP) is 2.51. The standard InChI is InChI=1S/C17H29N3O/c1-6-19-10-11-20(12-13(19)2)15-8-7-9-16(21-5)17(15)14(3)18-4/h7-9,13-14,18H,6,10-12H2,1-5H3. The van der Waals surface area contributed by atoms with Gasteiger partial charge in [0.05, 0.1) is 7.11 Å². The van der Waals surface area contributed by atoms with Gasteiger partial charge in [0.25, 0.3) is 0 Å². The molecule has 4 nitrogen and oxygen atoms in total. The average molecular weight is 291 g/mol. The number of benzene rings is 1. The smallest absolute Gasteiger partial charge is 0.125 e. The van der Waals surface area contributed by atoms with Crippen molar-refractivity contribution in [2.75, 3.05) is 45.2 Å². The van der Waals surface area contributed by atoms with Crippen molar-refractivity contribution in [2.45, 2.75) is 32.9 Å². The Balaban J connectivity index is 2.31. The quantitative estimate of drug-likeness (QED) is 0.902. The molecule has 0 bridgehead atoms. The number of hydrogen-bond acceptors (Lipinski definition) is 4. The molecule has 1 fully saturated rings. The Kier molecular flexibility index (Phi) is 5.48. The minimum atomic E-state index is 0.274. The molecule has 2 atom stereocenters. The van der Waals surface area contributed by atoms with Gasteiger partial charge in [0.15, 0.2) is 0 Å². The summed E-state index contributed by atoms with van der Waals surface area (Å²) in [6.07, 6.45) is 0. The summed E-state index contributed by atoms with van der Waals surface area (Å²) in [6, 6.07) is 7.23. The monoisotopic (exact) mass is 291 g/mol. The van der Waals surface area contributed by atoms with E-state index in [4.69, 9.17) is 4.74 Å². The van der Waals surface area contributed by atoms with Crippen LogP contribution in [0.4, 0.5) is 5.69 Å². The molecule has 2 unspecified atom stereocenters. The number of methoxy groups -OCH3 is 1. The van der Waals surface area contributed by atoms with Crippen LogP contribution in [0.3, 0.4) is 0 Å². The van der Waals surface area contributed by atoms with Crippen LogP contribution in [0.25, 0.3) is 0 Å². The predicted molar refractivity (Wildman–Crippen MR) is 89.4 cm³/mol. The Morgan fingerprint density at radius 2 is 2.14 bits per heavy atom. The third kappa shape index (κ3) is 3.33. The second kappa shape index (κ2) is 7.14. The molecule has 1 saturated heterocycles. The lowest BCUT2D eigenvalue weighted by molar-refractivity contribution is 0.199. The first-order valence-electron chi connectivity index (χ1n) is 7.95. The maximum atomic E-state index is 5.59. The zero-order chi connectivity index (χ0) is 15.4. The molecule has 118 valence electrons. The highest BCUT2D eigenvalue weighted by atomic mass is 16.5. The van der Waals surface area contributed by atoms with E-state index < -0.39 is 0 Å². The molecule has 21 heavy (non-hydrogen) atoms. The summed E-state index contributed by atoms with van der Waals surface area (Å²) in [7, 11) is 3.75. The number of anilines is 1. The number of likely N-dealkylation sites (N-methyl/N-ethyl adjacent to an activating group) is 1. The number of piperazine rings is 1. The van der Waals surface area contributed by atoms with Gasteiger partial charge in [0.2, 0.25) is 0 Å². The van der Waals surface area contributed by atoms with Crippen LogP contribution in [0.2, 0.25) is 0 Å². The van der Waals surface area contributed by atoms with Gasteiger partial charge in [-0.1, -0.05) is 13.0 Å². The van der Waals surface area contributed by atoms with Gasteiger partial charge >= 0.3 is 0 Å². The Morgan fingerprint density at radius 1 is 1.38 bits per heavy atom. The third-order valence-corrected chi connectivity index (χ3v) is 4.64. The lowest BCUT2D eigenvalue weighted by Crippen LogP contribution is -2.52. The van der Waals surface area contributed by atoms with Crippen molar-refractivity contribution in [3.8, 4) is 5.75 Å². The fourth-order valence-electron chi connectivity index (χ4n) is 3.25. The van der Waals surface area contributed by atoms with E-state index in [0.29, 0.717) is 6.04 Å². The van der Waals surface area contributed by atoms with Crippen LogP contribution in [-0.4, -0.2) is 51.3 Å². The zero-order valence-corrected chi connectivity index (χ0v) is 14.0. The van der Waals surface area contributed by atoms with Crippen LogP contribution in [0.15, 0.2) is 18.2 Å². The average Bonchev–Trinajstić information content (AvgIpc) is 2.53. The van der Waals surface area contributed by atoms with Crippen LogP contribution in [0.1, 0.15) is 32.4 Å². The van der Waals surface area contributed by atoms with Gasteiger partial charge in [0, 0.05) is 43.0 Å². The van der Waals surface area contributed by atoms with Crippen LogP contribution >= 0.6 is 0 Å². The van der Waals surface area contributed by atoms with Crippen LogP contribution < -0.4 is 15.0 Å². The molecule has 1 aliphatic heterocycles. The van der Waals surface area contributed by atoms with Gasteiger partial charge in [-0.05, 0) is 39.6 Å². The van der Waals surface area contributed by atoms with E-state index in [0.717, 1.165) is 31.9 Å². The highest BCUT2D eigenvalue weighted by Crippen LogP contribution is 2.35.